The molecule has 1 aliphatic rings. The zero-order valence-corrected chi connectivity index (χ0v) is 14.7. The first-order valence-electron chi connectivity index (χ1n) is 8.69. The van der Waals surface area contributed by atoms with Crippen molar-refractivity contribution in [3.63, 3.8) is 0 Å². The van der Waals surface area contributed by atoms with E-state index in [1.165, 1.54) is 61.1 Å². The molecule has 1 heterocycles. The van der Waals surface area contributed by atoms with Crippen molar-refractivity contribution in [2.45, 2.75) is 70.9 Å². The van der Waals surface area contributed by atoms with Crippen molar-refractivity contribution in [1.29, 1.82) is 0 Å². The smallest absolute Gasteiger partial charge is 0.101 e. The first kappa shape index (κ1) is 17.4. The Labute approximate surface area is 139 Å². The van der Waals surface area contributed by atoms with Gasteiger partial charge in [0, 0.05) is 16.2 Å². The van der Waals surface area contributed by atoms with E-state index in [9.17, 15) is 0 Å². The number of thiophene rings is 1. The molecular weight excluding hydrogens is 288 g/mol. The van der Waals surface area contributed by atoms with Gasteiger partial charge in [-0.3, -0.25) is 4.99 Å². The SMILES string of the molecule is C=CCC(N)/N=C(\C)c1ccc(CC2CCCCCCC2)s1. The summed E-state index contributed by atoms with van der Waals surface area (Å²) in [5.74, 6) is 0.882. The topological polar surface area (TPSA) is 38.4 Å². The minimum atomic E-state index is -0.159. The molecule has 0 aliphatic heterocycles. The molecule has 22 heavy (non-hydrogen) atoms. The van der Waals surface area contributed by atoms with Gasteiger partial charge in [0.25, 0.3) is 0 Å². The van der Waals surface area contributed by atoms with Crippen LogP contribution in [0.4, 0.5) is 0 Å². The third-order valence-electron chi connectivity index (χ3n) is 4.50. The van der Waals surface area contributed by atoms with Crippen LogP contribution in [0.15, 0.2) is 29.8 Å². The van der Waals surface area contributed by atoms with Crippen molar-refractivity contribution in [2.75, 3.05) is 0 Å². The fraction of sp³-hybridized carbons (Fsp3) is 0.632. The van der Waals surface area contributed by atoms with E-state index in [4.69, 9.17) is 5.73 Å². The van der Waals surface area contributed by atoms with Crippen molar-refractivity contribution in [2.24, 2.45) is 16.6 Å². The summed E-state index contributed by atoms with van der Waals surface area (Å²) in [6.07, 6.45) is 13.6. The van der Waals surface area contributed by atoms with E-state index in [1.807, 2.05) is 17.4 Å². The van der Waals surface area contributed by atoms with Crippen LogP contribution in [0, 0.1) is 5.92 Å². The van der Waals surface area contributed by atoms with Crippen LogP contribution in [0.25, 0.3) is 0 Å². The summed E-state index contributed by atoms with van der Waals surface area (Å²) < 4.78 is 0. The molecule has 0 spiro atoms. The summed E-state index contributed by atoms with van der Waals surface area (Å²) in [5.41, 5.74) is 7.02. The van der Waals surface area contributed by atoms with E-state index in [-0.39, 0.29) is 6.17 Å². The van der Waals surface area contributed by atoms with Crippen molar-refractivity contribution in [1.82, 2.24) is 0 Å². The molecule has 1 atom stereocenters. The lowest BCUT2D eigenvalue weighted by molar-refractivity contribution is 0.378. The van der Waals surface area contributed by atoms with Gasteiger partial charge in [-0.05, 0) is 31.4 Å². The average Bonchev–Trinajstić information content (AvgIpc) is 2.90. The predicted octanol–water partition coefficient (Wildman–Crippen LogP) is 5.32. The summed E-state index contributed by atoms with van der Waals surface area (Å²) in [6, 6.07) is 4.50. The predicted molar refractivity (Wildman–Crippen MR) is 98.8 cm³/mol. The molecule has 0 aromatic carbocycles. The maximum Gasteiger partial charge on any atom is 0.101 e. The highest BCUT2D eigenvalue weighted by atomic mass is 32.1. The van der Waals surface area contributed by atoms with Gasteiger partial charge in [0.2, 0.25) is 0 Å². The molecule has 1 unspecified atom stereocenters. The lowest BCUT2D eigenvalue weighted by Gasteiger charge is -2.18. The summed E-state index contributed by atoms with van der Waals surface area (Å²) in [4.78, 5) is 7.33. The third-order valence-corrected chi connectivity index (χ3v) is 5.72. The Morgan fingerprint density at radius 1 is 1.32 bits per heavy atom. The number of rotatable bonds is 6. The zero-order valence-electron chi connectivity index (χ0n) is 13.9. The third kappa shape index (κ3) is 5.69. The molecule has 0 bridgehead atoms. The quantitative estimate of drug-likeness (QED) is 0.559. The zero-order chi connectivity index (χ0) is 15.8. The highest BCUT2D eigenvalue weighted by molar-refractivity contribution is 7.14. The lowest BCUT2D eigenvalue weighted by atomic mass is 9.88. The van der Waals surface area contributed by atoms with E-state index in [0.717, 1.165) is 18.1 Å². The highest BCUT2D eigenvalue weighted by Crippen LogP contribution is 2.28. The van der Waals surface area contributed by atoms with E-state index >= 15 is 0 Å². The van der Waals surface area contributed by atoms with Crippen LogP contribution in [0.2, 0.25) is 0 Å². The van der Waals surface area contributed by atoms with Gasteiger partial charge in [0.15, 0.2) is 0 Å². The number of nitrogens with zero attached hydrogens (tertiary/aromatic N) is 1. The molecule has 0 saturated heterocycles. The van der Waals surface area contributed by atoms with E-state index in [1.54, 1.807) is 0 Å². The van der Waals surface area contributed by atoms with E-state index in [0.29, 0.717) is 0 Å². The molecule has 0 radical (unpaired) electrons. The van der Waals surface area contributed by atoms with Gasteiger partial charge >= 0.3 is 0 Å². The Hall–Kier alpha value is -0.930. The molecular formula is C19H30N2S. The Balaban J connectivity index is 1.93. The van der Waals surface area contributed by atoms with Crippen molar-refractivity contribution in [3.8, 4) is 0 Å². The molecule has 2 N–H and O–H groups in total. The van der Waals surface area contributed by atoms with E-state index in [2.05, 4.69) is 30.6 Å². The Morgan fingerprint density at radius 2 is 2.00 bits per heavy atom. The maximum absolute atomic E-state index is 5.96. The van der Waals surface area contributed by atoms with Crippen LogP contribution in [0.3, 0.4) is 0 Å². The van der Waals surface area contributed by atoms with Crippen molar-refractivity contribution in [3.05, 3.63) is 34.5 Å². The second-order valence-electron chi connectivity index (χ2n) is 6.49. The minimum absolute atomic E-state index is 0.159. The average molecular weight is 319 g/mol. The molecule has 2 rings (SSSR count). The number of nitrogens with two attached hydrogens (primary N) is 1. The molecule has 1 aromatic heterocycles. The largest absolute Gasteiger partial charge is 0.309 e. The first-order chi connectivity index (χ1) is 10.7. The summed E-state index contributed by atoms with van der Waals surface area (Å²) in [6.45, 7) is 5.78. The lowest BCUT2D eigenvalue weighted by Crippen LogP contribution is -2.17. The Bertz CT molecular complexity index is 481. The van der Waals surface area contributed by atoms with Gasteiger partial charge in [-0.25, -0.2) is 0 Å². The molecule has 2 nitrogen and oxygen atoms in total. The van der Waals surface area contributed by atoms with Crippen LogP contribution in [0.1, 0.15) is 68.0 Å². The van der Waals surface area contributed by atoms with Crippen molar-refractivity contribution < 1.29 is 0 Å². The fourth-order valence-electron chi connectivity index (χ4n) is 3.25. The molecule has 1 fully saturated rings. The highest BCUT2D eigenvalue weighted by Gasteiger charge is 2.14. The van der Waals surface area contributed by atoms with E-state index < -0.39 is 0 Å². The summed E-state index contributed by atoms with van der Waals surface area (Å²) in [5, 5.41) is 0. The first-order valence-corrected chi connectivity index (χ1v) is 9.50. The molecule has 122 valence electrons. The van der Waals surface area contributed by atoms with Crippen LogP contribution < -0.4 is 5.73 Å². The summed E-state index contributed by atoms with van der Waals surface area (Å²) >= 11 is 1.89. The van der Waals surface area contributed by atoms with Gasteiger partial charge in [-0.15, -0.1) is 17.9 Å². The normalized spacial score (nSPS) is 19.5. The van der Waals surface area contributed by atoms with Gasteiger partial charge in [-0.1, -0.05) is 51.0 Å². The van der Waals surface area contributed by atoms with Gasteiger partial charge in [0.1, 0.15) is 6.17 Å². The van der Waals surface area contributed by atoms with Gasteiger partial charge in [-0.2, -0.15) is 0 Å². The molecule has 1 saturated carbocycles. The molecule has 0 amide bonds. The standard InChI is InChI=1S/C19H30N2S/c1-3-9-19(20)21-15(2)18-13-12-17(22-18)14-16-10-7-5-4-6-8-11-16/h3,12-13,16,19H,1,4-11,14,20H2,2H3/b21-15+. The number of aliphatic imine (C=N–C) groups is 1. The Morgan fingerprint density at radius 3 is 2.68 bits per heavy atom. The van der Waals surface area contributed by atoms with Crippen LogP contribution in [0.5, 0.6) is 0 Å². The number of hydrogen-bond donors (Lipinski definition) is 1. The van der Waals surface area contributed by atoms with Crippen LogP contribution >= 0.6 is 11.3 Å². The molecule has 3 heteroatoms. The number of hydrogen-bond acceptors (Lipinski definition) is 3. The second kappa shape index (κ2) is 9.26. The van der Waals surface area contributed by atoms with Gasteiger partial charge < -0.3 is 5.73 Å². The fourth-order valence-corrected chi connectivity index (χ4v) is 4.32. The monoisotopic (exact) mass is 318 g/mol. The van der Waals surface area contributed by atoms with Gasteiger partial charge in [0.05, 0.1) is 5.71 Å². The van der Waals surface area contributed by atoms with Crippen LogP contribution in [-0.2, 0) is 6.42 Å². The second-order valence-corrected chi connectivity index (χ2v) is 7.66. The Kier molecular flexibility index (Phi) is 7.34. The minimum Gasteiger partial charge on any atom is -0.309 e. The molecule has 1 aromatic rings. The van der Waals surface area contributed by atoms with Crippen LogP contribution in [-0.4, -0.2) is 11.9 Å². The van der Waals surface area contributed by atoms with Crippen molar-refractivity contribution >= 4 is 17.0 Å². The molecule has 1 aliphatic carbocycles. The maximum atomic E-state index is 5.96. The summed E-state index contributed by atoms with van der Waals surface area (Å²) in [7, 11) is 0.